The van der Waals surface area contributed by atoms with Crippen LogP contribution in [0.1, 0.15) is 36.8 Å². The zero-order chi connectivity index (χ0) is 14.9. The summed E-state index contributed by atoms with van der Waals surface area (Å²) in [6.07, 6.45) is 1.23. The highest BCUT2D eigenvalue weighted by Crippen LogP contribution is 2.22. The van der Waals surface area contributed by atoms with Crippen molar-refractivity contribution in [2.24, 2.45) is 0 Å². The molecule has 20 heavy (non-hydrogen) atoms. The van der Waals surface area contributed by atoms with E-state index in [1.54, 1.807) is 0 Å². The molecular weight excluding hydrogens is 256 g/mol. The molecule has 1 heterocycles. The lowest BCUT2D eigenvalue weighted by molar-refractivity contribution is 0.0690. The fourth-order valence-electron chi connectivity index (χ4n) is 1.83. The van der Waals surface area contributed by atoms with Gasteiger partial charge in [-0.05, 0) is 23.1 Å². The van der Waals surface area contributed by atoms with Gasteiger partial charge in [-0.1, -0.05) is 32.9 Å². The summed E-state index contributed by atoms with van der Waals surface area (Å²) in [5.74, 6) is -1.21. The number of benzene rings is 1. The molecule has 0 saturated heterocycles. The molecule has 0 bridgehead atoms. The van der Waals surface area contributed by atoms with Crippen molar-refractivity contribution in [1.29, 1.82) is 0 Å². The molecule has 0 unspecified atom stereocenters. The van der Waals surface area contributed by atoms with Gasteiger partial charge in [-0.2, -0.15) is 0 Å². The molecule has 1 aromatic heterocycles. The van der Waals surface area contributed by atoms with Crippen LogP contribution in [0.5, 0.6) is 0 Å². The van der Waals surface area contributed by atoms with Crippen LogP contribution in [0.25, 0.3) is 5.69 Å². The topological polar surface area (TPSA) is 72.2 Å². The second-order valence-corrected chi connectivity index (χ2v) is 5.58. The molecule has 1 aromatic carbocycles. The van der Waals surface area contributed by atoms with Crippen molar-refractivity contribution in [2.45, 2.75) is 26.2 Å². The molecule has 0 amide bonds. The van der Waals surface area contributed by atoms with E-state index < -0.39 is 11.5 Å². The van der Waals surface area contributed by atoms with Crippen molar-refractivity contribution < 1.29 is 9.90 Å². The minimum atomic E-state index is -1.21. The average molecular weight is 272 g/mol. The van der Waals surface area contributed by atoms with E-state index in [2.05, 4.69) is 25.8 Å². The number of hydrogen-bond donors (Lipinski definition) is 1. The molecule has 0 spiro atoms. The minimum Gasteiger partial charge on any atom is -0.477 e. The van der Waals surface area contributed by atoms with Crippen molar-refractivity contribution in [3.8, 4) is 5.69 Å². The van der Waals surface area contributed by atoms with E-state index in [0.717, 1.165) is 11.6 Å². The minimum absolute atomic E-state index is 0.0366. The van der Waals surface area contributed by atoms with Gasteiger partial charge in [0.1, 0.15) is 6.33 Å². The Labute approximate surface area is 116 Å². The molecule has 1 N–H and O–H groups in total. The third kappa shape index (κ3) is 2.77. The Kier molecular flexibility index (Phi) is 3.44. The summed E-state index contributed by atoms with van der Waals surface area (Å²) in [5.41, 5.74) is 1.19. The molecular formula is C15H16N2O3. The number of rotatable bonds is 2. The first-order valence-electron chi connectivity index (χ1n) is 6.22. The predicted octanol–water partition coefficient (Wildman–Crippen LogP) is 2.23. The Morgan fingerprint density at radius 2 is 1.80 bits per heavy atom. The Balaban J connectivity index is 2.42. The number of carboxylic acids is 1. The first kappa shape index (κ1) is 14.0. The summed E-state index contributed by atoms with van der Waals surface area (Å²) in [6.45, 7) is 6.33. The monoisotopic (exact) mass is 272 g/mol. The van der Waals surface area contributed by atoms with Crippen molar-refractivity contribution in [1.82, 2.24) is 9.55 Å². The van der Waals surface area contributed by atoms with Crippen LogP contribution in [-0.4, -0.2) is 20.6 Å². The van der Waals surface area contributed by atoms with Crippen molar-refractivity contribution >= 4 is 5.97 Å². The maximum atomic E-state index is 11.9. The molecule has 5 nitrogen and oxygen atoms in total. The van der Waals surface area contributed by atoms with Crippen LogP contribution in [0.4, 0.5) is 0 Å². The summed E-state index contributed by atoms with van der Waals surface area (Å²) < 4.78 is 1.32. The molecule has 0 aliphatic carbocycles. The smallest absolute Gasteiger partial charge is 0.354 e. The van der Waals surface area contributed by atoms with E-state index in [1.165, 1.54) is 10.9 Å². The van der Waals surface area contributed by atoms with Crippen molar-refractivity contribution in [3.63, 3.8) is 0 Å². The van der Waals surface area contributed by atoms with Gasteiger partial charge in [0.2, 0.25) is 0 Å². The zero-order valence-corrected chi connectivity index (χ0v) is 11.6. The number of hydrogen-bond acceptors (Lipinski definition) is 3. The van der Waals surface area contributed by atoms with Gasteiger partial charge in [0.15, 0.2) is 5.69 Å². The van der Waals surface area contributed by atoms with Crippen LogP contribution in [0.3, 0.4) is 0 Å². The fourth-order valence-corrected chi connectivity index (χ4v) is 1.83. The maximum Gasteiger partial charge on any atom is 0.354 e. The highest BCUT2D eigenvalue weighted by atomic mass is 16.4. The number of nitrogens with zero attached hydrogens (tertiary/aromatic N) is 2. The van der Waals surface area contributed by atoms with Gasteiger partial charge in [-0.25, -0.2) is 9.78 Å². The van der Waals surface area contributed by atoms with E-state index >= 15 is 0 Å². The van der Waals surface area contributed by atoms with Gasteiger partial charge in [0, 0.05) is 6.07 Å². The van der Waals surface area contributed by atoms with E-state index in [4.69, 9.17) is 5.11 Å². The number of aromatic nitrogens is 2. The van der Waals surface area contributed by atoms with Gasteiger partial charge in [-0.15, -0.1) is 0 Å². The Morgan fingerprint density at radius 1 is 1.20 bits per heavy atom. The predicted molar refractivity (Wildman–Crippen MR) is 75.5 cm³/mol. The first-order valence-corrected chi connectivity index (χ1v) is 6.22. The van der Waals surface area contributed by atoms with Crippen LogP contribution in [0, 0.1) is 0 Å². The highest BCUT2D eigenvalue weighted by Gasteiger charge is 2.13. The van der Waals surface area contributed by atoms with E-state index in [1.807, 2.05) is 24.3 Å². The molecule has 0 aliphatic rings. The standard InChI is InChI=1S/C15H16N2O3/c1-15(2,3)10-4-6-11(7-5-10)17-9-16-12(14(19)20)8-13(17)18/h4-9H,1-3H3,(H,19,20). The molecule has 0 atom stereocenters. The summed E-state index contributed by atoms with van der Waals surface area (Å²) in [6, 6.07) is 8.56. The second-order valence-electron chi connectivity index (χ2n) is 5.58. The number of aromatic carboxylic acids is 1. The SMILES string of the molecule is CC(C)(C)c1ccc(-n2cnc(C(=O)O)cc2=O)cc1. The van der Waals surface area contributed by atoms with Gasteiger partial charge < -0.3 is 5.11 Å². The summed E-state index contributed by atoms with van der Waals surface area (Å²) >= 11 is 0. The van der Waals surface area contributed by atoms with E-state index in [0.29, 0.717) is 5.69 Å². The van der Waals surface area contributed by atoms with Gasteiger partial charge in [-0.3, -0.25) is 9.36 Å². The van der Waals surface area contributed by atoms with Crippen LogP contribution in [0.2, 0.25) is 0 Å². The van der Waals surface area contributed by atoms with Crippen LogP contribution >= 0.6 is 0 Å². The number of carbonyl (C=O) groups is 1. The van der Waals surface area contributed by atoms with Crippen LogP contribution in [0.15, 0.2) is 41.5 Å². The van der Waals surface area contributed by atoms with E-state index in [-0.39, 0.29) is 11.1 Å². The third-order valence-electron chi connectivity index (χ3n) is 3.04. The Bertz CT molecular complexity index is 694. The van der Waals surface area contributed by atoms with Crippen molar-refractivity contribution in [3.05, 3.63) is 58.3 Å². The average Bonchev–Trinajstić information content (AvgIpc) is 2.37. The second kappa shape index (κ2) is 4.92. The molecule has 0 aliphatic heterocycles. The normalized spacial score (nSPS) is 11.3. The first-order chi connectivity index (χ1) is 9.29. The summed E-state index contributed by atoms with van der Waals surface area (Å²) in [5, 5.41) is 8.79. The lowest BCUT2D eigenvalue weighted by atomic mass is 9.87. The molecule has 2 aromatic rings. The van der Waals surface area contributed by atoms with Gasteiger partial charge in [0.25, 0.3) is 5.56 Å². The molecule has 0 saturated carbocycles. The van der Waals surface area contributed by atoms with Gasteiger partial charge >= 0.3 is 5.97 Å². The molecule has 2 rings (SSSR count). The molecule has 0 radical (unpaired) electrons. The lowest BCUT2D eigenvalue weighted by Crippen LogP contribution is -2.20. The largest absolute Gasteiger partial charge is 0.477 e. The molecule has 0 fully saturated rings. The Morgan fingerprint density at radius 3 is 2.25 bits per heavy atom. The van der Waals surface area contributed by atoms with Crippen molar-refractivity contribution in [2.75, 3.05) is 0 Å². The summed E-state index contributed by atoms with van der Waals surface area (Å²) in [4.78, 5) is 26.4. The van der Waals surface area contributed by atoms with Crippen LogP contribution < -0.4 is 5.56 Å². The number of carboxylic acid groups (broad SMARTS) is 1. The third-order valence-corrected chi connectivity index (χ3v) is 3.04. The Hall–Kier alpha value is -2.43. The summed E-state index contributed by atoms with van der Waals surface area (Å²) in [7, 11) is 0. The molecule has 104 valence electrons. The van der Waals surface area contributed by atoms with Gasteiger partial charge in [0.05, 0.1) is 5.69 Å². The van der Waals surface area contributed by atoms with Crippen LogP contribution in [-0.2, 0) is 5.41 Å². The van der Waals surface area contributed by atoms with E-state index in [9.17, 15) is 9.59 Å². The quantitative estimate of drug-likeness (QED) is 0.910. The highest BCUT2D eigenvalue weighted by molar-refractivity contribution is 5.84. The fraction of sp³-hybridized carbons (Fsp3) is 0.267. The zero-order valence-electron chi connectivity index (χ0n) is 11.6. The molecule has 5 heteroatoms. The lowest BCUT2D eigenvalue weighted by Gasteiger charge is -2.19. The maximum absolute atomic E-state index is 11.9.